The fraction of sp³-hybridized carbons (Fsp3) is 0.696. The van der Waals surface area contributed by atoms with Crippen molar-refractivity contribution in [2.45, 2.75) is 51.6 Å². The smallest absolute Gasteiger partial charge is 0.315 e. The highest BCUT2D eigenvalue weighted by molar-refractivity contribution is 5.74. The van der Waals surface area contributed by atoms with E-state index in [1.165, 1.54) is 39.5 Å². The van der Waals surface area contributed by atoms with Crippen LogP contribution in [0, 0.1) is 11.7 Å². The summed E-state index contributed by atoms with van der Waals surface area (Å²) in [7, 11) is 1.47. The van der Waals surface area contributed by atoms with Crippen molar-refractivity contribution in [1.29, 1.82) is 0 Å². The predicted molar refractivity (Wildman–Crippen MR) is 117 cm³/mol. The number of carbonyl (C=O) groups excluding carboxylic acids is 1. The molecule has 1 aromatic carbocycles. The van der Waals surface area contributed by atoms with Crippen LogP contribution < -0.4 is 15.4 Å². The quantitative estimate of drug-likeness (QED) is 0.678. The first-order chi connectivity index (χ1) is 14.5. The highest BCUT2D eigenvalue weighted by Crippen LogP contribution is 2.20. The Bertz CT molecular complexity index is 673. The minimum atomic E-state index is -0.322. The zero-order chi connectivity index (χ0) is 21.3. The molecular weight excluding hydrogens is 383 g/mol. The molecule has 2 aliphatic rings. The van der Waals surface area contributed by atoms with Crippen LogP contribution >= 0.6 is 0 Å². The molecule has 2 amide bonds. The topological polar surface area (TPSA) is 56.8 Å². The zero-order valence-electron chi connectivity index (χ0n) is 18.5. The number of nitrogens with one attached hydrogen (secondary N) is 2. The fourth-order valence-electron chi connectivity index (χ4n) is 4.45. The largest absolute Gasteiger partial charge is 0.494 e. The van der Waals surface area contributed by atoms with E-state index < -0.39 is 0 Å². The number of piperidine rings is 2. The minimum absolute atomic E-state index is 0.0591. The molecule has 7 heteroatoms. The van der Waals surface area contributed by atoms with Gasteiger partial charge in [-0.3, -0.25) is 4.90 Å². The molecule has 2 aliphatic heterocycles. The molecule has 2 heterocycles. The van der Waals surface area contributed by atoms with E-state index in [0.29, 0.717) is 19.0 Å². The number of hydrogen-bond acceptors (Lipinski definition) is 4. The number of ether oxygens (including phenoxy) is 1. The van der Waals surface area contributed by atoms with E-state index in [2.05, 4.69) is 27.4 Å². The van der Waals surface area contributed by atoms with Gasteiger partial charge in [0, 0.05) is 38.8 Å². The average Bonchev–Trinajstić information content (AvgIpc) is 2.75. The van der Waals surface area contributed by atoms with Crippen molar-refractivity contribution in [2.24, 2.45) is 5.92 Å². The molecule has 0 saturated carbocycles. The lowest BCUT2D eigenvalue weighted by molar-refractivity contribution is 0.183. The van der Waals surface area contributed by atoms with Gasteiger partial charge in [0.2, 0.25) is 0 Å². The molecule has 1 aromatic rings. The number of urea groups is 1. The Morgan fingerprint density at radius 1 is 1.17 bits per heavy atom. The SMILES string of the molecule is COc1ccc(CN2CCC(NC(=O)NCC(C)CN3CCCCC3)CC2)cc1F. The molecule has 30 heavy (non-hydrogen) atoms. The summed E-state index contributed by atoms with van der Waals surface area (Å²) in [5, 5.41) is 6.16. The third-order valence-corrected chi connectivity index (χ3v) is 6.17. The van der Waals surface area contributed by atoms with Crippen LogP contribution in [0.2, 0.25) is 0 Å². The standard InChI is InChI=1S/C23H37FN4O2/c1-18(16-27-10-4-3-5-11-27)15-25-23(29)26-20-8-12-28(13-9-20)17-19-6-7-22(30-2)21(24)14-19/h6-7,14,18,20H,3-5,8-13,15-17H2,1-2H3,(H2,25,26,29). The van der Waals surface area contributed by atoms with Crippen molar-refractivity contribution in [3.63, 3.8) is 0 Å². The van der Waals surface area contributed by atoms with Gasteiger partial charge in [-0.15, -0.1) is 0 Å². The van der Waals surface area contributed by atoms with Gasteiger partial charge in [-0.1, -0.05) is 19.4 Å². The molecule has 0 aromatic heterocycles. The number of carbonyl (C=O) groups is 1. The Morgan fingerprint density at radius 3 is 2.57 bits per heavy atom. The number of halogens is 1. The second-order valence-corrected chi connectivity index (χ2v) is 8.84. The monoisotopic (exact) mass is 420 g/mol. The molecule has 2 saturated heterocycles. The average molecular weight is 421 g/mol. The molecule has 0 radical (unpaired) electrons. The molecular formula is C23H37FN4O2. The summed E-state index contributed by atoms with van der Waals surface area (Å²) in [5.74, 6) is 0.413. The van der Waals surface area contributed by atoms with Gasteiger partial charge in [0.15, 0.2) is 11.6 Å². The van der Waals surface area contributed by atoms with Crippen molar-refractivity contribution < 1.29 is 13.9 Å². The first-order valence-corrected chi connectivity index (χ1v) is 11.3. The number of nitrogens with zero attached hydrogens (tertiary/aromatic N) is 2. The highest BCUT2D eigenvalue weighted by Gasteiger charge is 2.21. The number of likely N-dealkylation sites (tertiary alicyclic amines) is 2. The van der Waals surface area contributed by atoms with E-state index >= 15 is 0 Å². The molecule has 0 aliphatic carbocycles. The van der Waals surface area contributed by atoms with Gasteiger partial charge in [-0.05, 0) is 62.4 Å². The van der Waals surface area contributed by atoms with Gasteiger partial charge in [0.1, 0.15) is 0 Å². The molecule has 2 N–H and O–H groups in total. The number of rotatable bonds is 8. The maximum absolute atomic E-state index is 13.9. The second-order valence-electron chi connectivity index (χ2n) is 8.84. The Hall–Kier alpha value is -1.86. The van der Waals surface area contributed by atoms with Gasteiger partial charge in [0.25, 0.3) is 0 Å². The maximum Gasteiger partial charge on any atom is 0.315 e. The third-order valence-electron chi connectivity index (χ3n) is 6.17. The molecule has 1 atom stereocenters. The first kappa shape index (κ1) is 22.8. The lowest BCUT2D eigenvalue weighted by Crippen LogP contribution is -2.48. The zero-order valence-corrected chi connectivity index (χ0v) is 18.5. The van der Waals surface area contributed by atoms with Crippen molar-refractivity contribution in [3.8, 4) is 5.75 Å². The van der Waals surface area contributed by atoms with E-state index in [4.69, 9.17) is 4.74 Å². The van der Waals surface area contributed by atoms with Crippen molar-refractivity contribution >= 4 is 6.03 Å². The lowest BCUT2D eigenvalue weighted by atomic mass is 10.0. The molecule has 0 spiro atoms. The number of benzene rings is 1. The van der Waals surface area contributed by atoms with E-state index in [0.717, 1.165) is 38.0 Å². The van der Waals surface area contributed by atoms with Crippen LogP contribution in [0.1, 0.15) is 44.6 Å². The Balaban J connectivity index is 1.32. The summed E-state index contributed by atoms with van der Waals surface area (Å²) in [6, 6.07) is 5.27. The number of hydrogen-bond donors (Lipinski definition) is 2. The van der Waals surface area contributed by atoms with Gasteiger partial charge < -0.3 is 20.3 Å². The van der Waals surface area contributed by atoms with Crippen molar-refractivity contribution in [1.82, 2.24) is 20.4 Å². The minimum Gasteiger partial charge on any atom is -0.494 e. The van der Waals surface area contributed by atoms with E-state index in [1.54, 1.807) is 12.1 Å². The summed E-state index contributed by atoms with van der Waals surface area (Å²) in [6.07, 6.45) is 5.77. The van der Waals surface area contributed by atoms with Crippen LogP contribution in [0.15, 0.2) is 18.2 Å². The summed E-state index contributed by atoms with van der Waals surface area (Å²) in [5.41, 5.74) is 0.945. The molecule has 6 nitrogen and oxygen atoms in total. The fourth-order valence-corrected chi connectivity index (χ4v) is 4.45. The van der Waals surface area contributed by atoms with E-state index in [9.17, 15) is 9.18 Å². The lowest BCUT2D eigenvalue weighted by Gasteiger charge is -2.32. The number of amides is 2. The summed E-state index contributed by atoms with van der Waals surface area (Å²) < 4.78 is 18.8. The van der Waals surface area contributed by atoms with Crippen LogP contribution in [0.3, 0.4) is 0 Å². The summed E-state index contributed by atoms with van der Waals surface area (Å²) in [6.45, 7) is 8.86. The molecule has 2 fully saturated rings. The molecule has 0 bridgehead atoms. The Labute approximate surface area is 180 Å². The van der Waals surface area contributed by atoms with Crippen LogP contribution in [-0.2, 0) is 6.54 Å². The predicted octanol–water partition coefficient (Wildman–Crippen LogP) is 3.22. The van der Waals surface area contributed by atoms with Gasteiger partial charge in [-0.2, -0.15) is 0 Å². The van der Waals surface area contributed by atoms with Gasteiger partial charge >= 0.3 is 6.03 Å². The van der Waals surface area contributed by atoms with Crippen molar-refractivity contribution in [3.05, 3.63) is 29.6 Å². The summed E-state index contributed by atoms with van der Waals surface area (Å²) in [4.78, 5) is 17.1. The van der Waals surface area contributed by atoms with Crippen LogP contribution in [-0.4, -0.2) is 68.3 Å². The van der Waals surface area contributed by atoms with Crippen LogP contribution in [0.5, 0.6) is 5.75 Å². The molecule has 1 unspecified atom stereocenters. The normalized spacial score (nSPS) is 20.0. The maximum atomic E-state index is 13.9. The van der Waals surface area contributed by atoms with Crippen LogP contribution in [0.25, 0.3) is 0 Å². The van der Waals surface area contributed by atoms with Gasteiger partial charge in [0.05, 0.1) is 7.11 Å². The van der Waals surface area contributed by atoms with Crippen molar-refractivity contribution in [2.75, 3.05) is 46.4 Å². The Morgan fingerprint density at radius 2 is 1.90 bits per heavy atom. The second kappa shape index (κ2) is 11.5. The van der Waals surface area contributed by atoms with E-state index in [1.807, 2.05) is 6.07 Å². The summed E-state index contributed by atoms with van der Waals surface area (Å²) >= 11 is 0. The highest BCUT2D eigenvalue weighted by atomic mass is 19.1. The van der Waals surface area contributed by atoms with Crippen LogP contribution in [0.4, 0.5) is 9.18 Å². The van der Waals surface area contributed by atoms with E-state index in [-0.39, 0.29) is 23.6 Å². The molecule has 168 valence electrons. The first-order valence-electron chi connectivity index (χ1n) is 11.3. The number of methoxy groups -OCH3 is 1. The third kappa shape index (κ3) is 7.13. The van der Waals surface area contributed by atoms with Gasteiger partial charge in [-0.25, -0.2) is 9.18 Å². The molecule has 3 rings (SSSR count). The Kier molecular flexibility index (Phi) is 8.75.